The number of nitrogens with zero attached hydrogens (tertiary/aromatic N) is 1. The van der Waals surface area contributed by atoms with E-state index in [1.54, 1.807) is 0 Å². The maximum atomic E-state index is 12.0. The minimum absolute atomic E-state index is 0.137. The fourth-order valence-corrected chi connectivity index (χ4v) is 2.19. The highest BCUT2D eigenvalue weighted by molar-refractivity contribution is 6.54. The van der Waals surface area contributed by atoms with E-state index in [4.69, 9.17) is 0 Å². The molecule has 19 heavy (non-hydrogen) atoms. The van der Waals surface area contributed by atoms with Crippen LogP contribution in [0.2, 0.25) is 0 Å². The van der Waals surface area contributed by atoms with Crippen LogP contribution >= 0.6 is 0 Å². The Kier molecular flexibility index (Phi) is 2.67. The maximum Gasteiger partial charge on any atom is 0.275 e. The zero-order valence-electron chi connectivity index (χ0n) is 10.9. The van der Waals surface area contributed by atoms with Crippen molar-refractivity contribution in [2.24, 2.45) is 4.99 Å². The van der Waals surface area contributed by atoms with E-state index in [-0.39, 0.29) is 5.91 Å². The summed E-state index contributed by atoms with van der Waals surface area (Å²) in [5.41, 5.74) is 5.32. The second kappa shape index (κ2) is 4.35. The van der Waals surface area contributed by atoms with Crippen molar-refractivity contribution < 1.29 is 4.79 Å². The van der Waals surface area contributed by atoms with Crippen LogP contribution < -0.4 is 5.32 Å². The van der Waals surface area contributed by atoms with E-state index in [1.807, 2.05) is 56.3 Å². The highest BCUT2D eigenvalue weighted by atomic mass is 16.2. The first-order chi connectivity index (χ1) is 9.16. The Balaban J connectivity index is 2.14. The molecule has 1 aliphatic rings. The van der Waals surface area contributed by atoms with Gasteiger partial charge in [-0.1, -0.05) is 30.3 Å². The molecule has 1 amide bonds. The number of fused-ring (bicyclic) bond motifs is 1. The quantitative estimate of drug-likeness (QED) is 0.828. The number of nitrogens with one attached hydrogen (secondary N) is 1. The van der Waals surface area contributed by atoms with E-state index < -0.39 is 0 Å². The molecule has 2 aromatic carbocycles. The van der Waals surface area contributed by atoms with Crippen molar-refractivity contribution in [1.82, 2.24) is 0 Å². The maximum absolute atomic E-state index is 12.0. The summed E-state index contributed by atoms with van der Waals surface area (Å²) in [4.78, 5) is 16.5. The lowest BCUT2D eigenvalue weighted by molar-refractivity contribution is -0.110. The molecule has 0 aliphatic carbocycles. The van der Waals surface area contributed by atoms with E-state index in [9.17, 15) is 4.79 Å². The summed E-state index contributed by atoms with van der Waals surface area (Å²) in [6, 6.07) is 13.6. The van der Waals surface area contributed by atoms with Crippen molar-refractivity contribution in [3.8, 4) is 0 Å². The number of aryl methyl sites for hydroxylation is 1. The Labute approximate surface area is 112 Å². The minimum Gasteiger partial charge on any atom is -0.320 e. The van der Waals surface area contributed by atoms with Gasteiger partial charge in [0.25, 0.3) is 5.91 Å². The third kappa shape index (κ3) is 1.93. The molecular formula is C16H14N2O. The van der Waals surface area contributed by atoms with Crippen molar-refractivity contribution >= 4 is 23.0 Å². The third-order valence-corrected chi connectivity index (χ3v) is 3.45. The third-order valence-electron chi connectivity index (χ3n) is 3.45. The molecule has 0 atom stereocenters. The van der Waals surface area contributed by atoms with Crippen LogP contribution in [0.5, 0.6) is 0 Å². The van der Waals surface area contributed by atoms with Gasteiger partial charge in [0.15, 0.2) is 0 Å². The van der Waals surface area contributed by atoms with Gasteiger partial charge >= 0.3 is 0 Å². The number of aliphatic imine (C=N–C) groups is 1. The van der Waals surface area contributed by atoms with Gasteiger partial charge in [0.05, 0.1) is 11.4 Å². The van der Waals surface area contributed by atoms with E-state index in [0.717, 1.165) is 22.5 Å². The largest absolute Gasteiger partial charge is 0.320 e. The average molecular weight is 250 g/mol. The van der Waals surface area contributed by atoms with Gasteiger partial charge in [-0.3, -0.25) is 4.79 Å². The number of carbonyl (C=O) groups excluding carboxylic acids is 1. The number of rotatable bonds is 1. The van der Waals surface area contributed by atoms with Crippen LogP contribution in [0.4, 0.5) is 11.4 Å². The standard InChI is InChI=1S/C16H14N2O/c1-10-6-5-9-13(11(10)2)17-15-12-7-3-4-8-14(12)18-16(15)19/h3-9H,1-2H3,(H,17,18,19). The van der Waals surface area contributed by atoms with Crippen molar-refractivity contribution in [3.05, 3.63) is 59.2 Å². The van der Waals surface area contributed by atoms with Gasteiger partial charge in [-0.2, -0.15) is 0 Å². The van der Waals surface area contributed by atoms with Gasteiger partial charge in [-0.25, -0.2) is 4.99 Å². The smallest absolute Gasteiger partial charge is 0.275 e. The molecule has 0 saturated heterocycles. The molecule has 3 heteroatoms. The monoisotopic (exact) mass is 250 g/mol. The molecule has 0 bridgehead atoms. The van der Waals surface area contributed by atoms with Crippen LogP contribution in [-0.4, -0.2) is 11.6 Å². The molecule has 0 unspecified atom stereocenters. The SMILES string of the molecule is Cc1cccc(N=C2C(=O)Nc3ccccc32)c1C. The first kappa shape index (κ1) is 11.7. The van der Waals surface area contributed by atoms with E-state index in [2.05, 4.69) is 10.3 Å². The molecule has 0 aromatic heterocycles. The molecule has 1 aliphatic heterocycles. The number of carbonyl (C=O) groups is 1. The lowest BCUT2D eigenvalue weighted by Gasteiger charge is -2.04. The molecule has 2 aromatic rings. The summed E-state index contributed by atoms with van der Waals surface area (Å²) in [5.74, 6) is -0.137. The lowest BCUT2D eigenvalue weighted by Crippen LogP contribution is -2.14. The van der Waals surface area contributed by atoms with Crippen LogP contribution in [-0.2, 0) is 4.79 Å². The topological polar surface area (TPSA) is 41.5 Å². The van der Waals surface area contributed by atoms with Crippen LogP contribution in [0.3, 0.4) is 0 Å². The summed E-state index contributed by atoms with van der Waals surface area (Å²) in [6.07, 6.45) is 0. The fraction of sp³-hybridized carbons (Fsp3) is 0.125. The summed E-state index contributed by atoms with van der Waals surface area (Å²) in [6.45, 7) is 4.06. The van der Waals surface area contributed by atoms with Crippen molar-refractivity contribution in [2.75, 3.05) is 5.32 Å². The van der Waals surface area contributed by atoms with Crippen LogP contribution in [0.15, 0.2) is 47.5 Å². The second-order valence-corrected chi connectivity index (χ2v) is 4.68. The summed E-state index contributed by atoms with van der Waals surface area (Å²) in [7, 11) is 0. The minimum atomic E-state index is -0.137. The van der Waals surface area contributed by atoms with Crippen LogP contribution in [0.25, 0.3) is 0 Å². The number of hydrogen-bond acceptors (Lipinski definition) is 2. The van der Waals surface area contributed by atoms with Gasteiger partial charge in [-0.05, 0) is 37.1 Å². The van der Waals surface area contributed by atoms with Gasteiger partial charge in [-0.15, -0.1) is 0 Å². The van der Waals surface area contributed by atoms with Gasteiger partial charge in [0.2, 0.25) is 0 Å². The molecular weight excluding hydrogens is 236 g/mol. The molecule has 3 nitrogen and oxygen atoms in total. The Morgan fingerprint density at radius 1 is 1.00 bits per heavy atom. The molecule has 0 saturated carbocycles. The molecule has 0 radical (unpaired) electrons. The number of para-hydroxylation sites is 1. The molecule has 0 fully saturated rings. The van der Waals surface area contributed by atoms with Crippen molar-refractivity contribution in [1.29, 1.82) is 0 Å². The first-order valence-electron chi connectivity index (χ1n) is 6.22. The molecule has 1 heterocycles. The Morgan fingerprint density at radius 2 is 1.79 bits per heavy atom. The van der Waals surface area contributed by atoms with Crippen molar-refractivity contribution in [2.45, 2.75) is 13.8 Å². The van der Waals surface area contributed by atoms with Gasteiger partial charge in [0, 0.05) is 5.56 Å². The lowest BCUT2D eigenvalue weighted by atomic mass is 10.1. The number of amides is 1. The highest BCUT2D eigenvalue weighted by Gasteiger charge is 2.25. The van der Waals surface area contributed by atoms with Crippen LogP contribution in [0.1, 0.15) is 16.7 Å². The zero-order chi connectivity index (χ0) is 13.4. The Bertz CT molecular complexity index is 702. The zero-order valence-corrected chi connectivity index (χ0v) is 10.9. The number of benzene rings is 2. The van der Waals surface area contributed by atoms with E-state index in [0.29, 0.717) is 5.71 Å². The van der Waals surface area contributed by atoms with Crippen LogP contribution in [0, 0.1) is 13.8 Å². The van der Waals surface area contributed by atoms with Gasteiger partial charge in [0.1, 0.15) is 5.71 Å². The van der Waals surface area contributed by atoms with E-state index >= 15 is 0 Å². The molecule has 0 spiro atoms. The molecule has 1 N–H and O–H groups in total. The number of anilines is 1. The Morgan fingerprint density at radius 3 is 2.63 bits per heavy atom. The van der Waals surface area contributed by atoms with E-state index in [1.165, 1.54) is 5.56 Å². The Hall–Kier alpha value is -2.42. The average Bonchev–Trinajstić information content (AvgIpc) is 2.72. The highest BCUT2D eigenvalue weighted by Crippen LogP contribution is 2.27. The molecule has 94 valence electrons. The first-order valence-corrected chi connectivity index (χ1v) is 6.22. The number of hydrogen-bond donors (Lipinski definition) is 1. The van der Waals surface area contributed by atoms with Gasteiger partial charge < -0.3 is 5.32 Å². The summed E-state index contributed by atoms with van der Waals surface area (Å²) >= 11 is 0. The summed E-state index contributed by atoms with van der Waals surface area (Å²) in [5, 5.41) is 2.83. The predicted molar refractivity (Wildman–Crippen MR) is 77.2 cm³/mol. The summed E-state index contributed by atoms with van der Waals surface area (Å²) < 4.78 is 0. The van der Waals surface area contributed by atoms with Crippen molar-refractivity contribution in [3.63, 3.8) is 0 Å². The fourth-order valence-electron chi connectivity index (χ4n) is 2.19. The predicted octanol–water partition coefficient (Wildman–Crippen LogP) is 3.38. The second-order valence-electron chi connectivity index (χ2n) is 4.68. The molecule has 3 rings (SSSR count). The normalized spacial score (nSPS) is 15.5.